The highest BCUT2D eigenvalue weighted by atomic mass is 35.5. The van der Waals surface area contributed by atoms with E-state index in [4.69, 9.17) is 10.5 Å². The van der Waals surface area contributed by atoms with Gasteiger partial charge in [0.2, 0.25) is 0 Å². The summed E-state index contributed by atoms with van der Waals surface area (Å²) in [6, 6.07) is 8.44. The molecular formula is C20H29Cl2N5O. The number of nitrogens with zero attached hydrogens (tertiary/aromatic N) is 4. The van der Waals surface area contributed by atoms with Gasteiger partial charge in [0.05, 0.1) is 18.4 Å². The average Bonchev–Trinajstić information content (AvgIpc) is 2.64. The zero-order chi connectivity index (χ0) is 17.9. The van der Waals surface area contributed by atoms with Crippen LogP contribution >= 0.6 is 24.8 Å². The summed E-state index contributed by atoms with van der Waals surface area (Å²) in [4.78, 5) is 16.0. The Morgan fingerprint density at radius 2 is 1.89 bits per heavy atom. The molecule has 0 spiro atoms. The van der Waals surface area contributed by atoms with E-state index in [1.165, 1.54) is 0 Å². The van der Waals surface area contributed by atoms with Crippen molar-refractivity contribution in [2.24, 2.45) is 5.73 Å². The Labute approximate surface area is 179 Å². The fraction of sp³-hybridized carbons (Fsp3) is 0.550. The third kappa shape index (κ3) is 5.54. The first-order valence-corrected chi connectivity index (χ1v) is 9.55. The number of pyridine rings is 1. The van der Waals surface area contributed by atoms with E-state index in [0.29, 0.717) is 24.7 Å². The number of hydrogen-bond acceptors (Lipinski definition) is 6. The summed E-state index contributed by atoms with van der Waals surface area (Å²) in [6.07, 6.45) is 6.21. The van der Waals surface area contributed by atoms with Crippen molar-refractivity contribution in [3.05, 3.63) is 47.7 Å². The van der Waals surface area contributed by atoms with Gasteiger partial charge in [0.15, 0.2) is 0 Å². The molecule has 2 aromatic heterocycles. The number of rotatable bonds is 5. The van der Waals surface area contributed by atoms with Gasteiger partial charge in [0.1, 0.15) is 11.6 Å². The van der Waals surface area contributed by atoms with Crippen LogP contribution in [0.2, 0.25) is 0 Å². The molecule has 1 saturated heterocycles. The molecule has 2 aromatic rings. The molecule has 1 aliphatic carbocycles. The molecule has 2 aliphatic rings. The van der Waals surface area contributed by atoms with Crippen LogP contribution in [0.4, 0.5) is 5.82 Å². The summed E-state index contributed by atoms with van der Waals surface area (Å²) >= 11 is 0. The zero-order valence-corrected chi connectivity index (χ0v) is 17.8. The van der Waals surface area contributed by atoms with Crippen molar-refractivity contribution in [1.82, 2.24) is 15.0 Å². The van der Waals surface area contributed by atoms with Gasteiger partial charge in [0, 0.05) is 43.0 Å². The standard InChI is InChI=1S/C20H27N5O.2ClH/c1-14-23-19(15-10-16(21)11-15)12-20(24-14)25-8-5-18(6-9-25)26-13-17-4-2-3-7-22-17;;/h2-4,7,12,15-16,18H,5-6,8-11,13,21H2,1H3;2*1H. The molecule has 3 heterocycles. The lowest BCUT2D eigenvalue weighted by Crippen LogP contribution is -2.38. The van der Waals surface area contributed by atoms with Crippen molar-refractivity contribution in [3.63, 3.8) is 0 Å². The van der Waals surface area contributed by atoms with Crippen LogP contribution in [-0.4, -0.2) is 40.2 Å². The lowest BCUT2D eigenvalue weighted by atomic mass is 9.78. The van der Waals surface area contributed by atoms with Crippen LogP contribution < -0.4 is 10.6 Å². The molecule has 2 fully saturated rings. The van der Waals surface area contributed by atoms with E-state index in [-0.39, 0.29) is 24.8 Å². The highest BCUT2D eigenvalue weighted by Gasteiger charge is 2.30. The highest BCUT2D eigenvalue weighted by molar-refractivity contribution is 5.85. The lowest BCUT2D eigenvalue weighted by molar-refractivity contribution is 0.0233. The van der Waals surface area contributed by atoms with E-state index in [0.717, 1.165) is 61.8 Å². The van der Waals surface area contributed by atoms with E-state index in [1.54, 1.807) is 0 Å². The number of ether oxygens (including phenoxy) is 1. The van der Waals surface area contributed by atoms with E-state index in [2.05, 4.69) is 25.9 Å². The van der Waals surface area contributed by atoms with Gasteiger partial charge in [-0.2, -0.15) is 0 Å². The maximum absolute atomic E-state index is 6.04. The van der Waals surface area contributed by atoms with Crippen LogP contribution in [0.25, 0.3) is 0 Å². The largest absolute Gasteiger partial charge is 0.372 e. The number of anilines is 1. The fourth-order valence-electron chi connectivity index (χ4n) is 3.79. The molecule has 0 bridgehead atoms. The van der Waals surface area contributed by atoms with E-state index in [1.807, 2.05) is 31.3 Å². The van der Waals surface area contributed by atoms with Crippen molar-refractivity contribution >= 4 is 30.6 Å². The monoisotopic (exact) mass is 425 g/mol. The van der Waals surface area contributed by atoms with Gasteiger partial charge in [-0.25, -0.2) is 9.97 Å². The zero-order valence-electron chi connectivity index (χ0n) is 16.2. The Morgan fingerprint density at radius 3 is 2.54 bits per heavy atom. The molecule has 154 valence electrons. The van der Waals surface area contributed by atoms with Crippen LogP contribution in [0.3, 0.4) is 0 Å². The van der Waals surface area contributed by atoms with Gasteiger partial charge >= 0.3 is 0 Å². The SMILES string of the molecule is Cc1nc(C2CC(N)C2)cc(N2CCC(OCc3ccccn3)CC2)n1.Cl.Cl. The molecule has 2 N–H and O–H groups in total. The smallest absolute Gasteiger partial charge is 0.132 e. The molecule has 0 amide bonds. The molecule has 0 unspecified atom stereocenters. The third-order valence-electron chi connectivity index (χ3n) is 5.40. The lowest BCUT2D eigenvalue weighted by Gasteiger charge is -2.35. The Kier molecular flexibility index (Phi) is 8.43. The predicted molar refractivity (Wildman–Crippen MR) is 115 cm³/mol. The van der Waals surface area contributed by atoms with E-state index in [9.17, 15) is 0 Å². The number of hydrogen-bond donors (Lipinski definition) is 1. The molecule has 0 aromatic carbocycles. The third-order valence-corrected chi connectivity index (χ3v) is 5.40. The van der Waals surface area contributed by atoms with Crippen molar-refractivity contribution < 1.29 is 4.74 Å². The molecule has 1 saturated carbocycles. The van der Waals surface area contributed by atoms with Crippen molar-refractivity contribution in [2.75, 3.05) is 18.0 Å². The minimum absolute atomic E-state index is 0. The molecule has 0 atom stereocenters. The van der Waals surface area contributed by atoms with Gasteiger partial charge in [-0.15, -0.1) is 24.8 Å². The Bertz CT molecular complexity index is 735. The minimum atomic E-state index is 0. The summed E-state index contributed by atoms with van der Waals surface area (Å²) in [7, 11) is 0. The average molecular weight is 426 g/mol. The molecular weight excluding hydrogens is 397 g/mol. The summed E-state index contributed by atoms with van der Waals surface area (Å²) in [6.45, 7) is 4.50. The fourth-order valence-corrected chi connectivity index (χ4v) is 3.79. The first kappa shape index (κ1) is 22.8. The van der Waals surface area contributed by atoms with Gasteiger partial charge in [-0.3, -0.25) is 4.98 Å². The quantitative estimate of drug-likeness (QED) is 0.790. The number of aromatic nitrogens is 3. The molecule has 28 heavy (non-hydrogen) atoms. The van der Waals surface area contributed by atoms with E-state index >= 15 is 0 Å². The number of halogens is 2. The Hall–Kier alpha value is -1.47. The van der Waals surface area contributed by atoms with Gasteiger partial charge in [0.25, 0.3) is 0 Å². The van der Waals surface area contributed by atoms with Crippen LogP contribution in [0.5, 0.6) is 0 Å². The Balaban J connectivity index is 0.00000140. The second kappa shape index (κ2) is 10.3. The minimum Gasteiger partial charge on any atom is -0.372 e. The van der Waals surface area contributed by atoms with Crippen LogP contribution in [0.1, 0.15) is 48.8 Å². The van der Waals surface area contributed by atoms with Crippen LogP contribution in [0, 0.1) is 6.92 Å². The first-order valence-electron chi connectivity index (χ1n) is 9.55. The summed E-state index contributed by atoms with van der Waals surface area (Å²) < 4.78 is 6.04. The van der Waals surface area contributed by atoms with Crippen molar-refractivity contribution in [2.45, 2.75) is 57.3 Å². The summed E-state index contributed by atoms with van der Waals surface area (Å²) in [5.74, 6) is 2.41. The van der Waals surface area contributed by atoms with Crippen molar-refractivity contribution in [1.29, 1.82) is 0 Å². The topological polar surface area (TPSA) is 77.2 Å². The summed E-state index contributed by atoms with van der Waals surface area (Å²) in [5.41, 5.74) is 8.08. The maximum atomic E-state index is 6.04. The summed E-state index contributed by atoms with van der Waals surface area (Å²) in [5, 5.41) is 0. The van der Waals surface area contributed by atoms with Crippen LogP contribution in [-0.2, 0) is 11.3 Å². The number of nitrogens with two attached hydrogens (primary N) is 1. The van der Waals surface area contributed by atoms with Crippen molar-refractivity contribution in [3.8, 4) is 0 Å². The molecule has 8 heteroatoms. The number of aryl methyl sites for hydroxylation is 1. The number of piperidine rings is 1. The van der Waals surface area contributed by atoms with E-state index < -0.39 is 0 Å². The maximum Gasteiger partial charge on any atom is 0.132 e. The first-order chi connectivity index (χ1) is 12.7. The molecule has 6 nitrogen and oxygen atoms in total. The second-order valence-corrected chi connectivity index (χ2v) is 7.45. The second-order valence-electron chi connectivity index (χ2n) is 7.45. The van der Waals surface area contributed by atoms with Gasteiger partial charge in [-0.1, -0.05) is 6.07 Å². The van der Waals surface area contributed by atoms with Gasteiger partial charge < -0.3 is 15.4 Å². The Morgan fingerprint density at radius 1 is 1.14 bits per heavy atom. The van der Waals surface area contributed by atoms with Gasteiger partial charge in [-0.05, 0) is 44.7 Å². The molecule has 1 aliphatic heterocycles. The predicted octanol–water partition coefficient (Wildman–Crippen LogP) is 3.41. The molecule has 4 rings (SSSR count). The van der Waals surface area contributed by atoms with Crippen LogP contribution in [0.15, 0.2) is 30.5 Å². The normalized spacial score (nSPS) is 22.0. The molecule has 0 radical (unpaired) electrons. The highest BCUT2D eigenvalue weighted by Crippen LogP contribution is 2.35.